The molecule has 1 aliphatic heterocycles. The van der Waals surface area contributed by atoms with E-state index in [4.69, 9.17) is 4.74 Å². The summed E-state index contributed by atoms with van der Waals surface area (Å²) in [6.45, 7) is 8.38. The highest BCUT2D eigenvalue weighted by Gasteiger charge is 2.35. The fourth-order valence-corrected chi connectivity index (χ4v) is 2.57. The summed E-state index contributed by atoms with van der Waals surface area (Å²) in [4.78, 5) is 26.1. The van der Waals surface area contributed by atoms with Crippen molar-refractivity contribution in [1.29, 1.82) is 0 Å². The Morgan fingerprint density at radius 2 is 1.96 bits per heavy atom. The monoisotopic (exact) mass is 318 g/mol. The Hall–Kier alpha value is -2.04. The van der Waals surface area contributed by atoms with Crippen LogP contribution in [0.25, 0.3) is 0 Å². The van der Waals surface area contributed by atoms with Crippen LogP contribution in [0.15, 0.2) is 24.3 Å². The van der Waals surface area contributed by atoms with Gasteiger partial charge in [-0.15, -0.1) is 0 Å². The van der Waals surface area contributed by atoms with Crippen LogP contribution in [0.4, 0.5) is 5.69 Å². The molecule has 1 aliphatic rings. The topological polar surface area (TPSA) is 58.6 Å². The molecule has 2 unspecified atom stereocenters. The average Bonchev–Trinajstić information content (AvgIpc) is 2.89. The summed E-state index contributed by atoms with van der Waals surface area (Å²) < 4.78 is 5.61. The van der Waals surface area contributed by atoms with Gasteiger partial charge in [-0.2, -0.15) is 0 Å². The quantitative estimate of drug-likeness (QED) is 0.877. The molecule has 1 fully saturated rings. The SMILES string of the molecule is CCC(C)NC(=O)C1CC(=O)N(c2ccc(OC(C)C)cc2)C1. The van der Waals surface area contributed by atoms with E-state index in [1.807, 2.05) is 52.0 Å². The molecular weight excluding hydrogens is 292 g/mol. The summed E-state index contributed by atoms with van der Waals surface area (Å²) in [5.74, 6) is 0.464. The van der Waals surface area contributed by atoms with Crippen LogP contribution in [0.2, 0.25) is 0 Å². The van der Waals surface area contributed by atoms with Crippen molar-refractivity contribution in [2.75, 3.05) is 11.4 Å². The highest BCUT2D eigenvalue weighted by Crippen LogP contribution is 2.27. The van der Waals surface area contributed by atoms with E-state index in [-0.39, 0.29) is 36.3 Å². The van der Waals surface area contributed by atoms with E-state index in [1.165, 1.54) is 0 Å². The molecule has 1 saturated heterocycles. The first-order chi connectivity index (χ1) is 10.9. The van der Waals surface area contributed by atoms with Gasteiger partial charge in [-0.05, 0) is 51.5 Å². The van der Waals surface area contributed by atoms with Crippen molar-refractivity contribution in [3.8, 4) is 5.75 Å². The third-order valence-electron chi connectivity index (χ3n) is 4.02. The van der Waals surface area contributed by atoms with Crippen LogP contribution in [0.1, 0.15) is 40.5 Å². The van der Waals surface area contributed by atoms with Gasteiger partial charge in [-0.25, -0.2) is 0 Å². The van der Waals surface area contributed by atoms with E-state index in [1.54, 1.807) is 4.90 Å². The third kappa shape index (κ3) is 4.47. The van der Waals surface area contributed by atoms with Crippen molar-refractivity contribution < 1.29 is 14.3 Å². The van der Waals surface area contributed by atoms with Gasteiger partial charge in [0, 0.05) is 24.7 Å². The zero-order valence-corrected chi connectivity index (χ0v) is 14.3. The number of hydrogen-bond donors (Lipinski definition) is 1. The van der Waals surface area contributed by atoms with Crippen molar-refractivity contribution in [2.45, 2.75) is 52.7 Å². The zero-order valence-electron chi connectivity index (χ0n) is 14.3. The zero-order chi connectivity index (χ0) is 17.0. The third-order valence-corrected chi connectivity index (χ3v) is 4.02. The Balaban J connectivity index is 2.01. The predicted octanol–water partition coefficient (Wildman–Crippen LogP) is 2.74. The fourth-order valence-electron chi connectivity index (χ4n) is 2.57. The largest absolute Gasteiger partial charge is 0.491 e. The first-order valence-electron chi connectivity index (χ1n) is 8.28. The Kier molecular flexibility index (Phi) is 5.64. The lowest BCUT2D eigenvalue weighted by atomic mass is 10.1. The lowest BCUT2D eigenvalue weighted by Crippen LogP contribution is -2.38. The summed E-state index contributed by atoms with van der Waals surface area (Å²) in [7, 11) is 0. The molecular formula is C18H26N2O3. The first-order valence-corrected chi connectivity index (χ1v) is 8.28. The number of carbonyl (C=O) groups is 2. The molecule has 0 spiro atoms. The van der Waals surface area contributed by atoms with E-state index in [0.717, 1.165) is 17.9 Å². The van der Waals surface area contributed by atoms with E-state index in [9.17, 15) is 9.59 Å². The molecule has 126 valence electrons. The van der Waals surface area contributed by atoms with Crippen molar-refractivity contribution >= 4 is 17.5 Å². The summed E-state index contributed by atoms with van der Waals surface area (Å²) >= 11 is 0. The molecule has 0 radical (unpaired) electrons. The van der Waals surface area contributed by atoms with Gasteiger partial charge in [0.15, 0.2) is 0 Å². The molecule has 1 aromatic carbocycles. The van der Waals surface area contributed by atoms with Crippen LogP contribution in [0.3, 0.4) is 0 Å². The van der Waals surface area contributed by atoms with Crippen molar-refractivity contribution in [2.24, 2.45) is 5.92 Å². The number of nitrogens with one attached hydrogen (secondary N) is 1. The molecule has 0 saturated carbocycles. The summed E-state index contributed by atoms with van der Waals surface area (Å²) in [5.41, 5.74) is 0.810. The lowest BCUT2D eigenvalue weighted by Gasteiger charge is -2.18. The van der Waals surface area contributed by atoms with Crippen LogP contribution in [-0.4, -0.2) is 30.5 Å². The molecule has 1 heterocycles. The molecule has 2 amide bonds. The molecule has 2 atom stereocenters. The van der Waals surface area contributed by atoms with Gasteiger partial charge in [-0.3, -0.25) is 9.59 Å². The van der Waals surface area contributed by atoms with Crippen LogP contribution in [-0.2, 0) is 9.59 Å². The van der Waals surface area contributed by atoms with Gasteiger partial charge in [0.25, 0.3) is 0 Å². The number of benzene rings is 1. The Labute approximate surface area is 138 Å². The highest BCUT2D eigenvalue weighted by atomic mass is 16.5. The van der Waals surface area contributed by atoms with Gasteiger partial charge in [0.05, 0.1) is 12.0 Å². The van der Waals surface area contributed by atoms with Gasteiger partial charge in [-0.1, -0.05) is 6.92 Å². The number of amides is 2. The normalized spacial score (nSPS) is 19.1. The van der Waals surface area contributed by atoms with Crippen LogP contribution < -0.4 is 15.0 Å². The number of anilines is 1. The summed E-state index contributed by atoms with van der Waals surface area (Å²) in [5, 5.41) is 2.96. The number of hydrogen-bond acceptors (Lipinski definition) is 3. The molecule has 0 aromatic heterocycles. The molecule has 23 heavy (non-hydrogen) atoms. The van der Waals surface area contributed by atoms with Crippen molar-refractivity contribution in [3.63, 3.8) is 0 Å². The molecule has 2 rings (SSSR count). The van der Waals surface area contributed by atoms with Crippen molar-refractivity contribution in [3.05, 3.63) is 24.3 Å². The predicted molar refractivity (Wildman–Crippen MR) is 90.6 cm³/mol. The van der Waals surface area contributed by atoms with E-state index in [2.05, 4.69) is 5.32 Å². The van der Waals surface area contributed by atoms with Crippen LogP contribution in [0.5, 0.6) is 5.75 Å². The number of carbonyl (C=O) groups excluding carboxylic acids is 2. The Morgan fingerprint density at radius 1 is 1.30 bits per heavy atom. The van der Waals surface area contributed by atoms with E-state index in [0.29, 0.717) is 6.54 Å². The van der Waals surface area contributed by atoms with Gasteiger partial charge >= 0.3 is 0 Å². The molecule has 5 heteroatoms. The molecule has 1 aromatic rings. The maximum absolute atomic E-state index is 12.2. The fraction of sp³-hybridized carbons (Fsp3) is 0.556. The molecule has 5 nitrogen and oxygen atoms in total. The second-order valence-electron chi connectivity index (χ2n) is 6.38. The van der Waals surface area contributed by atoms with Crippen LogP contribution >= 0.6 is 0 Å². The minimum absolute atomic E-state index is 0.00757. The summed E-state index contributed by atoms with van der Waals surface area (Å²) in [6, 6.07) is 7.58. The standard InChI is InChI=1S/C18H26N2O3/c1-5-13(4)19-18(22)14-10-17(21)20(11-14)15-6-8-16(9-7-15)23-12(2)3/h6-9,12-14H,5,10-11H2,1-4H3,(H,19,22). The second-order valence-corrected chi connectivity index (χ2v) is 6.38. The van der Waals surface area contributed by atoms with Crippen LogP contribution in [0, 0.1) is 5.92 Å². The minimum atomic E-state index is -0.275. The van der Waals surface area contributed by atoms with Gasteiger partial charge < -0.3 is 15.0 Å². The van der Waals surface area contributed by atoms with E-state index >= 15 is 0 Å². The molecule has 0 aliphatic carbocycles. The second kappa shape index (κ2) is 7.49. The highest BCUT2D eigenvalue weighted by molar-refractivity contribution is 6.00. The number of rotatable bonds is 6. The van der Waals surface area contributed by atoms with E-state index < -0.39 is 0 Å². The average molecular weight is 318 g/mol. The Bertz CT molecular complexity index is 554. The smallest absolute Gasteiger partial charge is 0.227 e. The summed E-state index contributed by atoms with van der Waals surface area (Å²) in [6.07, 6.45) is 1.27. The lowest BCUT2D eigenvalue weighted by molar-refractivity contribution is -0.126. The van der Waals surface area contributed by atoms with Crippen molar-refractivity contribution in [1.82, 2.24) is 5.32 Å². The maximum Gasteiger partial charge on any atom is 0.227 e. The van der Waals surface area contributed by atoms with Gasteiger partial charge in [0.2, 0.25) is 11.8 Å². The first kappa shape index (κ1) is 17.3. The number of ether oxygens (including phenoxy) is 1. The maximum atomic E-state index is 12.2. The minimum Gasteiger partial charge on any atom is -0.491 e. The molecule has 0 bridgehead atoms. The molecule has 1 N–H and O–H groups in total. The number of nitrogens with zero attached hydrogens (tertiary/aromatic N) is 1. The Morgan fingerprint density at radius 3 is 2.52 bits per heavy atom. The van der Waals surface area contributed by atoms with Gasteiger partial charge in [0.1, 0.15) is 5.75 Å².